The smallest absolute Gasteiger partial charge is 0.120 e. The Hall–Kier alpha value is -3.30. The molecule has 1 fully saturated rings. The van der Waals surface area contributed by atoms with Gasteiger partial charge in [-0.25, -0.2) is 0 Å². The number of hydrogen-bond acceptors (Lipinski definition) is 3. The van der Waals surface area contributed by atoms with Crippen molar-refractivity contribution in [2.24, 2.45) is 0 Å². The molecule has 2 atom stereocenters. The molecule has 1 heterocycles. The second kappa shape index (κ2) is 9.23. The third-order valence-electron chi connectivity index (χ3n) is 5.99. The van der Waals surface area contributed by atoms with Crippen molar-refractivity contribution in [3.63, 3.8) is 0 Å². The maximum atomic E-state index is 6.47. The average molecular weight is 410 g/mol. The van der Waals surface area contributed by atoms with Crippen molar-refractivity contribution in [3.8, 4) is 11.5 Å². The molecule has 0 spiro atoms. The minimum Gasteiger partial charge on any atom is -0.489 e. The van der Waals surface area contributed by atoms with E-state index in [-0.39, 0.29) is 6.10 Å². The first-order valence-corrected chi connectivity index (χ1v) is 11.0. The van der Waals surface area contributed by atoms with Crippen LogP contribution in [-0.2, 0) is 6.61 Å². The van der Waals surface area contributed by atoms with E-state index in [0.29, 0.717) is 12.5 Å². The summed E-state index contributed by atoms with van der Waals surface area (Å²) in [7, 11) is 0. The number of hydrogen-bond donors (Lipinski definition) is 1. The topological polar surface area (TPSA) is 30.5 Å². The molecule has 0 saturated carbocycles. The van der Waals surface area contributed by atoms with Gasteiger partial charge in [0.2, 0.25) is 0 Å². The van der Waals surface area contributed by atoms with E-state index in [0.717, 1.165) is 31.0 Å². The highest BCUT2D eigenvalue weighted by molar-refractivity contribution is 5.83. The monoisotopic (exact) mass is 409 g/mol. The van der Waals surface area contributed by atoms with Crippen LogP contribution >= 0.6 is 0 Å². The van der Waals surface area contributed by atoms with E-state index in [9.17, 15) is 0 Å². The highest BCUT2D eigenvalue weighted by Crippen LogP contribution is 2.31. The minimum absolute atomic E-state index is 0.103. The molecule has 31 heavy (non-hydrogen) atoms. The van der Waals surface area contributed by atoms with Crippen LogP contribution in [0.3, 0.4) is 0 Å². The molecule has 1 N–H and O–H groups in total. The van der Waals surface area contributed by atoms with Crippen molar-refractivity contribution in [2.75, 3.05) is 13.1 Å². The Kier molecular flexibility index (Phi) is 5.85. The number of piperidine rings is 1. The third-order valence-corrected chi connectivity index (χ3v) is 5.99. The summed E-state index contributed by atoms with van der Waals surface area (Å²) in [4.78, 5) is 0. The molecule has 0 aromatic heterocycles. The van der Waals surface area contributed by atoms with Gasteiger partial charge in [-0.1, -0.05) is 72.8 Å². The lowest BCUT2D eigenvalue weighted by atomic mass is 9.87. The SMILES string of the molecule is c1ccc(COc2ccc(C3CCNCC3Oc3ccc4ccccc4c3)cc2)cc1. The first-order valence-electron chi connectivity index (χ1n) is 11.0. The standard InChI is InChI=1S/C28H27NO2/c1-2-6-21(7-3-1)20-30-25-13-11-23(12-14-25)27-16-17-29-19-28(27)31-26-15-10-22-8-4-5-9-24(22)18-26/h1-15,18,27-29H,16-17,19-20H2. The highest BCUT2D eigenvalue weighted by Gasteiger charge is 2.28. The number of ether oxygens (including phenoxy) is 2. The second-order valence-electron chi connectivity index (χ2n) is 8.11. The molecule has 0 amide bonds. The van der Waals surface area contributed by atoms with Gasteiger partial charge in [0.1, 0.15) is 24.2 Å². The van der Waals surface area contributed by atoms with Gasteiger partial charge in [-0.15, -0.1) is 0 Å². The molecular formula is C28H27NO2. The summed E-state index contributed by atoms with van der Waals surface area (Å²) in [5, 5.41) is 5.94. The molecule has 2 unspecified atom stereocenters. The first-order chi connectivity index (χ1) is 15.3. The normalized spacial score (nSPS) is 18.6. The first kappa shape index (κ1) is 19.7. The molecule has 0 radical (unpaired) electrons. The molecule has 5 rings (SSSR count). The van der Waals surface area contributed by atoms with Gasteiger partial charge in [0.15, 0.2) is 0 Å². The molecule has 3 nitrogen and oxygen atoms in total. The van der Waals surface area contributed by atoms with Gasteiger partial charge in [0, 0.05) is 12.5 Å². The van der Waals surface area contributed by atoms with Crippen LogP contribution in [0.4, 0.5) is 0 Å². The lowest BCUT2D eigenvalue weighted by Gasteiger charge is -2.33. The summed E-state index contributed by atoms with van der Waals surface area (Å²) < 4.78 is 12.4. The van der Waals surface area contributed by atoms with Crippen LogP contribution in [0.5, 0.6) is 11.5 Å². The van der Waals surface area contributed by atoms with Crippen LogP contribution in [0.25, 0.3) is 10.8 Å². The Bertz CT molecular complexity index is 1120. The summed E-state index contributed by atoms with van der Waals surface area (Å²) in [6.45, 7) is 2.44. The van der Waals surface area contributed by atoms with Crippen molar-refractivity contribution in [2.45, 2.75) is 25.0 Å². The van der Waals surface area contributed by atoms with Crippen molar-refractivity contribution < 1.29 is 9.47 Å². The summed E-state index contributed by atoms with van der Waals surface area (Å²) >= 11 is 0. The Morgan fingerprint density at radius 1 is 0.742 bits per heavy atom. The van der Waals surface area contributed by atoms with E-state index in [1.165, 1.54) is 21.9 Å². The summed E-state index contributed by atoms with van der Waals surface area (Å²) in [5.41, 5.74) is 2.48. The van der Waals surface area contributed by atoms with Gasteiger partial charge >= 0.3 is 0 Å². The molecule has 0 bridgehead atoms. The zero-order valence-corrected chi connectivity index (χ0v) is 17.5. The highest BCUT2D eigenvalue weighted by atomic mass is 16.5. The third kappa shape index (κ3) is 4.73. The van der Waals surface area contributed by atoms with E-state index in [4.69, 9.17) is 9.47 Å². The van der Waals surface area contributed by atoms with Gasteiger partial charge in [0.05, 0.1) is 0 Å². The van der Waals surface area contributed by atoms with Crippen LogP contribution in [0.15, 0.2) is 97.1 Å². The molecule has 4 aromatic rings. The molecule has 1 aliphatic heterocycles. The Morgan fingerprint density at radius 3 is 2.32 bits per heavy atom. The summed E-state index contributed by atoms with van der Waals surface area (Å²) in [6, 6.07) is 33.5. The van der Waals surface area contributed by atoms with Crippen molar-refractivity contribution in [1.82, 2.24) is 5.32 Å². The largest absolute Gasteiger partial charge is 0.489 e. The molecule has 1 aliphatic rings. The molecule has 0 aliphatic carbocycles. The van der Waals surface area contributed by atoms with Crippen LogP contribution in [0.2, 0.25) is 0 Å². The molecule has 3 heteroatoms. The molecule has 1 saturated heterocycles. The van der Waals surface area contributed by atoms with Crippen LogP contribution in [0.1, 0.15) is 23.5 Å². The van der Waals surface area contributed by atoms with Crippen LogP contribution < -0.4 is 14.8 Å². The lowest BCUT2D eigenvalue weighted by Crippen LogP contribution is -2.42. The number of nitrogens with one attached hydrogen (secondary N) is 1. The van der Waals surface area contributed by atoms with Gasteiger partial charge < -0.3 is 14.8 Å². The van der Waals surface area contributed by atoms with E-state index in [1.807, 2.05) is 18.2 Å². The van der Waals surface area contributed by atoms with Gasteiger partial charge in [0.25, 0.3) is 0 Å². The van der Waals surface area contributed by atoms with Gasteiger partial charge in [-0.3, -0.25) is 0 Å². The van der Waals surface area contributed by atoms with E-state index < -0.39 is 0 Å². The lowest BCUT2D eigenvalue weighted by molar-refractivity contribution is 0.142. The fourth-order valence-corrected chi connectivity index (χ4v) is 4.30. The van der Waals surface area contributed by atoms with Gasteiger partial charge in [-0.05, 0) is 59.1 Å². The zero-order valence-electron chi connectivity index (χ0n) is 17.5. The minimum atomic E-state index is 0.103. The number of fused-ring (bicyclic) bond motifs is 1. The Morgan fingerprint density at radius 2 is 1.48 bits per heavy atom. The van der Waals surface area contributed by atoms with Gasteiger partial charge in [-0.2, -0.15) is 0 Å². The quantitative estimate of drug-likeness (QED) is 0.427. The van der Waals surface area contributed by atoms with Crippen LogP contribution in [0, 0.1) is 0 Å². The second-order valence-corrected chi connectivity index (χ2v) is 8.11. The average Bonchev–Trinajstić information content (AvgIpc) is 2.84. The summed E-state index contributed by atoms with van der Waals surface area (Å²) in [6.07, 6.45) is 1.16. The Balaban J connectivity index is 1.28. The fourth-order valence-electron chi connectivity index (χ4n) is 4.30. The maximum Gasteiger partial charge on any atom is 0.120 e. The van der Waals surface area contributed by atoms with Crippen molar-refractivity contribution in [3.05, 3.63) is 108 Å². The fraction of sp³-hybridized carbons (Fsp3) is 0.214. The predicted octanol–water partition coefficient (Wildman–Crippen LogP) is 5.94. The zero-order chi connectivity index (χ0) is 20.9. The van der Waals surface area contributed by atoms with E-state index >= 15 is 0 Å². The Labute approximate surface area is 183 Å². The van der Waals surface area contributed by atoms with E-state index in [1.54, 1.807) is 0 Å². The van der Waals surface area contributed by atoms with E-state index in [2.05, 4.69) is 84.2 Å². The molecule has 4 aromatic carbocycles. The molecule has 156 valence electrons. The number of benzene rings is 4. The molecular weight excluding hydrogens is 382 g/mol. The van der Waals surface area contributed by atoms with Crippen molar-refractivity contribution in [1.29, 1.82) is 0 Å². The maximum absolute atomic E-state index is 6.47. The summed E-state index contributed by atoms with van der Waals surface area (Å²) in [5.74, 6) is 2.18. The van der Waals surface area contributed by atoms with Crippen LogP contribution in [-0.4, -0.2) is 19.2 Å². The number of rotatable bonds is 6. The predicted molar refractivity (Wildman–Crippen MR) is 126 cm³/mol. The van der Waals surface area contributed by atoms with Crippen molar-refractivity contribution >= 4 is 10.8 Å².